The highest BCUT2D eigenvalue weighted by Crippen LogP contribution is 2.25. The molecule has 0 saturated carbocycles. The summed E-state index contributed by atoms with van der Waals surface area (Å²) in [4.78, 5) is 14.9. The number of urea groups is 1. The van der Waals surface area contributed by atoms with Crippen LogP contribution in [0.4, 0.5) is 10.5 Å². The van der Waals surface area contributed by atoms with Crippen molar-refractivity contribution >= 4 is 34.3 Å². The molecular formula is C15H22N2O2S2. The van der Waals surface area contributed by atoms with Crippen LogP contribution >= 0.6 is 11.8 Å². The second kappa shape index (κ2) is 7.31. The fourth-order valence-electron chi connectivity index (χ4n) is 2.22. The van der Waals surface area contributed by atoms with Crippen LogP contribution < -0.4 is 5.32 Å². The van der Waals surface area contributed by atoms with Crippen molar-refractivity contribution in [3.05, 3.63) is 24.3 Å². The fraction of sp³-hybridized carbons (Fsp3) is 0.533. The van der Waals surface area contributed by atoms with E-state index in [1.807, 2.05) is 28.8 Å². The number of carbonyl (C=O) groups is 1. The van der Waals surface area contributed by atoms with Crippen molar-refractivity contribution < 1.29 is 9.00 Å². The van der Waals surface area contributed by atoms with Crippen LogP contribution in [0.15, 0.2) is 29.2 Å². The summed E-state index contributed by atoms with van der Waals surface area (Å²) in [6.07, 6.45) is 1.63. The molecule has 0 aliphatic carbocycles. The third-order valence-corrected chi connectivity index (χ3v) is 6.00. The number of carbonyl (C=O) groups excluding carboxylic acids is 1. The van der Waals surface area contributed by atoms with Gasteiger partial charge in [-0.15, -0.1) is 0 Å². The lowest BCUT2D eigenvalue weighted by molar-refractivity contribution is 0.211. The summed E-state index contributed by atoms with van der Waals surface area (Å²) < 4.78 is 11.5. The minimum atomic E-state index is -1.04. The molecular weight excluding hydrogens is 304 g/mol. The summed E-state index contributed by atoms with van der Waals surface area (Å²) in [5.41, 5.74) is 0.701. The smallest absolute Gasteiger partial charge is 0.321 e. The first kappa shape index (κ1) is 16.4. The largest absolute Gasteiger partial charge is 0.323 e. The van der Waals surface area contributed by atoms with E-state index in [1.165, 1.54) is 0 Å². The van der Waals surface area contributed by atoms with Crippen LogP contribution in [0, 0.1) is 5.92 Å². The summed E-state index contributed by atoms with van der Waals surface area (Å²) >= 11 is 1.94. The number of nitrogens with one attached hydrogen (secondary N) is 1. The van der Waals surface area contributed by atoms with Gasteiger partial charge in [-0.3, -0.25) is 4.21 Å². The van der Waals surface area contributed by atoms with E-state index in [9.17, 15) is 9.00 Å². The van der Waals surface area contributed by atoms with Crippen molar-refractivity contribution in [3.8, 4) is 0 Å². The highest BCUT2D eigenvalue weighted by atomic mass is 32.2. The minimum absolute atomic E-state index is 0.0695. The Morgan fingerprint density at radius 2 is 2.24 bits per heavy atom. The van der Waals surface area contributed by atoms with E-state index in [2.05, 4.69) is 19.2 Å². The average Bonchev–Trinajstić information content (AvgIpc) is 2.47. The van der Waals surface area contributed by atoms with E-state index in [4.69, 9.17) is 0 Å². The molecule has 1 heterocycles. The Balaban J connectivity index is 2.01. The van der Waals surface area contributed by atoms with Crippen LogP contribution in [0.3, 0.4) is 0 Å². The fourth-order valence-corrected chi connectivity index (χ4v) is 4.08. The van der Waals surface area contributed by atoms with E-state index in [-0.39, 0.29) is 6.03 Å². The molecule has 1 saturated heterocycles. The number of hydrogen-bond donors (Lipinski definition) is 1. The van der Waals surface area contributed by atoms with Gasteiger partial charge in [0, 0.05) is 51.7 Å². The van der Waals surface area contributed by atoms with Gasteiger partial charge in [0.2, 0.25) is 0 Å². The summed E-state index contributed by atoms with van der Waals surface area (Å²) in [5, 5.41) is 3.41. The summed E-state index contributed by atoms with van der Waals surface area (Å²) in [5.74, 6) is 1.55. The monoisotopic (exact) mass is 326 g/mol. The van der Waals surface area contributed by atoms with Gasteiger partial charge in [-0.2, -0.15) is 11.8 Å². The molecule has 21 heavy (non-hydrogen) atoms. The number of nitrogens with zero attached hydrogens (tertiary/aromatic N) is 1. The molecule has 1 aromatic rings. The molecule has 0 spiro atoms. The van der Waals surface area contributed by atoms with Gasteiger partial charge in [0.1, 0.15) is 0 Å². The Morgan fingerprint density at radius 1 is 1.48 bits per heavy atom. The van der Waals surface area contributed by atoms with E-state index >= 15 is 0 Å². The molecule has 1 aliphatic rings. The third-order valence-electron chi connectivity index (χ3n) is 3.54. The summed E-state index contributed by atoms with van der Waals surface area (Å²) in [7, 11) is -1.04. The van der Waals surface area contributed by atoms with Gasteiger partial charge in [-0.05, 0) is 24.1 Å². The van der Waals surface area contributed by atoms with Crippen LogP contribution in [-0.2, 0) is 10.8 Å². The summed E-state index contributed by atoms with van der Waals surface area (Å²) in [6.45, 7) is 5.95. The van der Waals surface area contributed by atoms with Gasteiger partial charge in [0.05, 0.1) is 0 Å². The van der Waals surface area contributed by atoms with Crippen molar-refractivity contribution in [2.75, 3.05) is 30.4 Å². The molecule has 2 rings (SSSR count). The van der Waals surface area contributed by atoms with Gasteiger partial charge < -0.3 is 10.2 Å². The second-order valence-corrected chi connectivity index (χ2v) is 8.24. The Hall–Kier alpha value is -1.01. The lowest BCUT2D eigenvalue weighted by atomic mass is 10.1. The zero-order chi connectivity index (χ0) is 15.4. The van der Waals surface area contributed by atoms with Gasteiger partial charge in [-0.25, -0.2) is 4.79 Å². The van der Waals surface area contributed by atoms with Crippen molar-refractivity contribution in [1.29, 1.82) is 0 Å². The lowest BCUT2D eigenvalue weighted by Gasteiger charge is -2.34. The van der Waals surface area contributed by atoms with E-state index in [1.54, 1.807) is 18.4 Å². The molecule has 1 fully saturated rings. The highest BCUT2D eigenvalue weighted by molar-refractivity contribution is 8.00. The van der Waals surface area contributed by atoms with Gasteiger partial charge in [-0.1, -0.05) is 19.9 Å². The third kappa shape index (κ3) is 4.48. The van der Waals surface area contributed by atoms with Crippen LogP contribution in [0.5, 0.6) is 0 Å². The lowest BCUT2D eigenvalue weighted by Crippen LogP contribution is -2.45. The normalized spacial score (nSPS) is 20.4. The maximum atomic E-state index is 12.3. The van der Waals surface area contributed by atoms with Crippen molar-refractivity contribution in [3.63, 3.8) is 0 Å². The maximum absolute atomic E-state index is 12.3. The maximum Gasteiger partial charge on any atom is 0.321 e. The topological polar surface area (TPSA) is 49.4 Å². The molecule has 4 nitrogen and oxygen atoms in total. The van der Waals surface area contributed by atoms with E-state index in [0.29, 0.717) is 16.9 Å². The van der Waals surface area contributed by atoms with Crippen LogP contribution in [0.1, 0.15) is 13.8 Å². The molecule has 2 amide bonds. The van der Waals surface area contributed by atoms with Crippen LogP contribution in [0.2, 0.25) is 0 Å². The standard InChI is InChI=1S/C15H22N2O2S2/c1-11(2)14-10-17(7-8-20-14)15(18)16-12-5-4-6-13(9-12)21(3)19/h4-6,9,11,14H,7-8,10H2,1-3H3,(H,16,18)/t14-,21-/m0/s1. The molecule has 0 radical (unpaired) electrons. The first-order valence-electron chi connectivity index (χ1n) is 7.08. The Labute approximate surface area is 133 Å². The molecule has 1 aromatic carbocycles. The average molecular weight is 326 g/mol. The molecule has 1 N–H and O–H groups in total. The van der Waals surface area contributed by atoms with Crippen LogP contribution in [0.25, 0.3) is 0 Å². The molecule has 1 aliphatic heterocycles. The van der Waals surface area contributed by atoms with Crippen molar-refractivity contribution in [2.24, 2.45) is 5.92 Å². The first-order valence-corrected chi connectivity index (χ1v) is 9.69. The minimum Gasteiger partial charge on any atom is -0.323 e. The van der Waals surface area contributed by atoms with Crippen LogP contribution in [-0.4, -0.2) is 45.5 Å². The number of rotatable bonds is 3. The Bertz CT molecular complexity index is 534. The predicted octanol–water partition coefficient (Wildman–Crippen LogP) is 3.03. The van der Waals surface area contributed by atoms with Crippen molar-refractivity contribution in [2.45, 2.75) is 24.0 Å². The van der Waals surface area contributed by atoms with E-state index in [0.717, 1.165) is 23.7 Å². The molecule has 2 atom stereocenters. The second-order valence-electron chi connectivity index (χ2n) is 5.51. The SMILES string of the molecule is CC(C)[C@@H]1CN(C(=O)Nc2cccc([S@](C)=O)c2)CCS1. The highest BCUT2D eigenvalue weighted by Gasteiger charge is 2.26. The quantitative estimate of drug-likeness (QED) is 0.929. The number of thioether (sulfide) groups is 1. The Kier molecular flexibility index (Phi) is 5.70. The van der Waals surface area contributed by atoms with Gasteiger partial charge in [0.15, 0.2) is 0 Å². The molecule has 0 bridgehead atoms. The zero-order valence-corrected chi connectivity index (χ0v) is 14.3. The molecule has 0 unspecified atom stereocenters. The molecule has 116 valence electrons. The number of amides is 2. The molecule has 0 aromatic heterocycles. The number of anilines is 1. The number of hydrogen-bond acceptors (Lipinski definition) is 3. The predicted molar refractivity (Wildman–Crippen MR) is 90.5 cm³/mol. The Morgan fingerprint density at radius 3 is 2.90 bits per heavy atom. The zero-order valence-electron chi connectivity index (χ0n) is 12.7. The first-order chi connectivity index (χ1) is 9.97. The van der Waals surface area contributed by atoms with Gasteiger partial charge in [0.25, 0.3) is 0 Å². The summed E-state index contributed by atoms with van der Waals surface area (Å²) in [6, 6.07) is 7.15. The molecule has 6 heteroatoms. The van der Waals surface area contributed by atoms with Crippen molar-refractivity contribution in [1.82, 2.24) is 4.90 Å². The number of benzene rings is 1. The van der Waals surface area contributed by atoms with Gasteiger partial charge >= 0.3 is 6.03 Å². The van der Waals surface area contributed by atoms with E-state index < -0.39 is 10.8 Å².